The Bertz CT molecular complexity index is 260. The van der Waals surface area contributed by atoms with Gasteiger partial charge in [-0.3, -0.25) is 4.79 Å². The van der Waals surface area contributed by atoms with E-state index in [2.05, 4.69) is 36.4 Å². The Hall–Kier alpha value is 0.160. The van der Waals surface area contributed by atoms with Gasteiger partial charge in [0.05, 0.1) is 17.7 Å². The number of likely N-dealkylation sites (tertiary alicyclic amines) is 1. The van der Waals surface area contributed by atoms with E-state index in [-0.39, 0.29) is 15.4 Å². The van der Waals surface area contributed by atoms with Crippen molar-refractivity contribution in [1.29, 1.82) is 0 Å². The average Bonchev–Trinajstić information content (AvgIpc) is 2.78. The minimum absolute atomic E-state index is 0.0734. The van der Waals surface area contributed by atoms with Gasteiger partial charge in [-0.1, -0.05) is 22.6 Å². The van der Waals surface area contributed by atoms with Crippen LogP contribution in [0.4, 0.5) is 0 Å². The Balaban J connectivity index is 2.04. The zero-order chi connectivity index (χ0) is 9.85. The van der Waals surface area contributed by atoms with Gasteiger partial charge >= 0.3 is 0 Å². The van der Waals surface area contributed by atoms with Crippen molar-refractivity contribution >= 4 is 28.5 Å². The first kappa shape index (κ1) is 9.71. The average molecular weight is 295 g/mol. The summed E-state index contributed by atoms with van der Waals surface area (Å²) in [6, 6.07) is 0. The Kier molecular flexibility index (Phi) is 1.94. The van der Waals surface area contributed by atoms with Gasteiger partial charge in [-0.25, -0.2) is 0 Å². The highest BCUT2D eigenvalue weighted by Crippen LogP contribution is 2.43. The van der Waals surface area contributed by atoms with Crippen molar-refractivity contribution in [2.75, 3.05) is 6.54 Å². The Labute approximate surface area is 91.6 Å². The van der Waals surface area contributed by atoms with Gasteiger partial charge in [0.1, 0.15) is 3.92 Å². The quantitative estimate of drug-likeness (QED) is 0.468. The third-order valence-corrected chi connectivity index (χ3v) is 5.14. The second-order valence-electron chi connectivity index (χ2n) is 4.66. The van der Waals surface area contributed by atoms with Crippen LogP contribution in [0.25, 0.3) is 0 Å². The summed E-state index contributed by atoms with van der Waals surface area (Å²) in [6.45, 7) is 4.63. The molecule has 0 aromatic rings. The number of nitrogens with zero attached hydrogens (tertiary/aromatic N) is 1. The van der Waals surface area contributed by atoms with Crippen molar-refractivity contribution in [1.82, 2.24) is 4.90 Å². The SMILES string of the molecule is CC1(C)C(I)C(=O)N1CC1(O)CC1. The first-order valence-electron chi connectivity index (χ1n) is 4.55. The van der Waals surface area contributed by atoms with Gasteiger partial charge in [0.25, 0.3) is 0 Å². The predicted octanol–water partition coefficient (Wildman–Crippen LogP) is 0.936. The van der Waals surface area contributed by atoms with Crippen LogP contribution in [-0.4, -0.2) is 37.5 Å². The molecule has 74 valence electrons. The number of hydrogen-bond donors (Lipinski definition) is 1. The number of β-lactam (4-membered cyclic amide) rings is 1. The summed E-state index contributed by atoms with van der Waals surface area (Å²) in [6.07, 6.45) is 1.69. The first-order chi connectivity index (χ1) is 5.87. The normalized spacial score (nSPS) is 34.3. The van der Waals surface area contributed by atoms with Crippen LogP contribution in [0, 0.1) is 0 Å². The van der Waals surface area contributed by atoms with Gasteiger partial charge in [-0.15, -0.1) is 0 Å². The molecule has 2 fully saturated rings. The van der Waals surface area contributed by atoms with Crippen LogP contribution in [0.2, 0.25) is 0 Å². The van der Waals surface area contributed by atoms with Crippen molar-refractivity contribution in [3.8, 4) is 0 Å². The predicted molar refractivity (Wildman–Crippen MR) is 57.8 cm³/mol. The molecule has 2 rings (SSSR count). The van der Waals surface area contributed by atoms with Crippen molar-refractivity contribution in [2.24, 2.45) is 0 Å². The number of halogens is 1. The minimum atomic E-state index is -0.552. The number of carbonyl (C=O) groups excluding carboxylic acids is 1. The second kappa shape index (κ2) is 2.59. The molecule has 2 aliphatic rings. The topological polar surface area (TPSA) is 40.5 Å². The van der Waals surface area contributed by atoms with Gasteiger partial charge in [0.15, 0.2) is 0 Å². The van der Waals surface area contributed by atoms with Crippen LogP contribution in [-0.2, 0) is 4.79 Å². The van der Waals surface area contributed by atoms with E-state index in [1.807, 2.05) is 0 Å². The third-order valence-electron chi connectivity index (χ3n) is 3.08. The lowest BCUT2D eigenvalue weighted by atomic mass is 9.87. The molecule has 0 aromatic carbocycles. The molecule has 13 heavy (non-hydrogen) atoms. The van der Waals surface area contributed by atoms with Crippen LogP contribution in [0.1, 0.15) is 26.7 Å². The van der Waals surface area contributed by atoms with E-state index in [0.717, 1.165) is 12.8 Å². The number of hydrogen-bond acceptors (Lipinski definition) is 2. The van der Waals surface area contributed by atoms with Crippen LogP contribution < -0.4 is 0 Å². The molecule has 1 saturated carbocycles. The van der Waals surface area contributed by atoms with E-state index in [1.165, 1.54) is 0 Å². The Morgan fingerprint density at radius 1 is 1.62 bits per heavy atom. The molecule has 0 radical (unpaired) electrons. The summed E-state index contributed by atoms with van der Waals surface area (Å²) in [5.74, 6) is 0.172. The maximum atomic E-state index is 11.5. The van der Waals surface area contributed by atoms with Gasteiger partial charge in [-0.2, -0.15) is 0 Å². The van der Waals surface area contributed by atoms with Crippen LogP contribution in [0.3, 0.4) is 0 Å². The molecule has 0 bridgehead atoms. The number of amides is 1. The standard InChI is InChI=1S/C9H14INO2/c1-8(2)6(10)7(12)11(8)5-9(13)3-4-9/h6,13H,3-5H2,1-2H3. The van der Waals surface area contributed by atoms with Gasteiger partial charge in [0.2, 0.25) is 5.91 Å². The second-order valence-corrected chi connectivity index (χ2v) is 5.91. The van der Waals surface area contributed by atoms with E-state index in [0.29, 0.717) is 6.54 Å². The monoisotopic (exact) mass is 295 g/mol. The highest BCUT2D eigenvalue weighted by Gasteiger charge is 2.56. The molecule has 4 heteroatoms. The van der Waals surface area contributed by atoms with Crippen molar-refractivity contribution in [2.45, 2.75) is 41.8 Å². The fraction of sp³-hybridized carbons (Fsp3) is 0.889. The molecule has 1 atom stereocenters. The van der Waals surface area contributed by atoms with Crippen LogP contribution >= 0.6 is 22.6 Å². The van der Waals surface area contributed by atoms with Gasteiger partial charge in [0, 0.05) is 0 Å². The van der Waals surface area contributed by atoms with Crippen molar-refractivity contribution in [3.05, 3.63) is 0 Å². The zero-order valence-electron chi connectivity index (χ0n) is 7.88. The summed E-state index contributed by atoms with van der Waals surface area (Å²) in [5, 5.41) is 9.70. The molecule has 0 spiro atoms. The van der Waals surface area contributed by atoms with Gasteiger partial charge < -0.3 is 10.0 Å². The summed E-state index contributed by atoms with van der Waals surface area (Å²) < 4.78 is 0.0763. The fourth-order valence-electron chi connectivity index (χ4n) is 1.67. The molecule has 1 heterocycles. The molecule has 1 N–H and O–H groups in total. The minimum Gasteiger partial charge on any atom is -0.388 e. The number of alkyl halides is 1. The zero-order valence-corrected chi connectivity index (χ0v) is 10.0. The largest absolute Gasteiger partial charge is 0.388 e. The third kappa shape index (κ3) is 1.38. The summed E-state index contributed by atoms with van der Waals surface area (Å²) in [7, 11) is 0. The molecule has 1 aliphatic heterocycles. The Morgan fingerprint density at radius 2 is 2.15 bits per heavy atom. The van der Waals surface area contributed by atoms with E-state index in [9.17, 15) is 9.90 Å². The number of rotatable bonds is 2. The highest BCUT2D eigenvalue weighted by molar-refractivity contribution is 14.1. The maximum absolute atomic E-state index is 11.5. The number of carbonyl (C=O) groups is 1. The maximum Gasteiger partial charge on any atom is 0.238 e. The highest BCUT2D eigenvalue weighted by atomic mass is 127. The lowest BCUT2D eigenvalue weighted by molar-refractivity contribution is -0.154. The lowest BCUT2D eigenvalue weighted by Crippen LogP contribution is -2.70. The van der Waals surface area contributed by atoms with Crippen LogP contribution in [0.5, 0.6) is 0 Å². The molecule has 1 aliphatic carbocycles. The van der Waals surface area contributed by atoms with Gasteiger partial charge in [-0.05, 0) is 26.7 Å². The summed E-state index contributed by atoms with van der Waals surface area (Å²) >= 11 is 2.18. The smallest absolute Gasteiger partial charge is 0.238 e. The molecular formula is C9H14INO2. The molecule has 1 unspecified atom stereocenters. The summed E-state index contributed by atoms with van der Waals surface area (Å²) in [4.78, 5) is 13.3. The lowest BCUT2D eigenvalue weighted by Gasteiger charge is -2.52. The molecule has 1 saturated heterocycles. The van der Waals surface area contributed by atoms with E-state index in [4.69, 9.17) is 0 Å². The number of β-amino-alcohol motifs (C(OH)–C–C–N with tert-alkyl or cyclic N) is 1. The van der Waals surface area contributed by atoms with E-state index < -0.39 is 5.60 Å². The molecular weight excluding hydrogens is 281 g/mol. The number of aliphatic hydroxyl groups is 1. The first-order valence-corrected chi connectivity index (χ1v) is 5.79. The molecule has 3 nitrogen and oxygen atoms in total. The Morgan fingerprint density at radius 3 is 2.54 bits per heavy atom. The molecule has 1 amide bonds. The molecule has 0 aromatic heterocycles. The van der Waals surface area contributed by atoms with E-state index in [1.54, 1.807) is 4.90 Å². The summed E-state index contributed by atoms with van der Waals surface area (Å²) in [5.41, 5.74) is -0.625. The van der Waals surface area contributed by atoms with E-state index >= 15 is 0 Å². The van der Waals surface area contributed by atoms with Crippen LogP contribution in [0.15, 0.2) is 0 Å². The van der Waals surface area contributed by atoms with Crippen molar-refractivity contribution < 1.29 is 9.90 Å². The fourth-order valence-corrected chi connectivity index (χ4v) is 2.34. The van der Waals surface area contributed by atoms with Crippen molar-refractivity contribution in [3.63, 3.8) is 0 Å².